The molecule has 1 aromatic carbocycles. The number of carbonyl (C=O) groups excluding carboxylic acids is 5. The van der Waals surface area contributed by atoms with Crippen LogP contribution in [0.4, 0.5) is 23.3 Å². The van der Waals surface area contributed by atoms with E-state index in [1.807, 2.05) is 12.1 Å². The van der Waals surface area contributed by atoms with Gasteiger partial charge >= 0.3 is 0 Å². The lowest BCUT2D eigenvalue weighted by Gasteiger charge is -2.49. The van der Waals surface area contributed by atoms with Gasteiger partial charge in [-0.15, -0.1) is 6.58 Å². The van der Waals surface area contributed by atoms with Crippen molar-refractivity contribution in [1.82, 2.24) is 35.4 Å². The molecule has 0 radical (unpaired) electrons. The van der Waals surface area contributed by atoms with Crippen LogP contribution in [-0.4, -0.2) is 120 Å². The maximum atomic E-state index is 13.6. The number of aldehydes is 1. The second kappa shape index (κ2) is 15.7. The van der Waals surface area contributed by atoms with Crippen molar-refractivity contribution in [3.63, 3.8) is 0 Å². The van der Waals surface area contributed by atoms with E-state index in [-0.39, 0.29) is 36.3 Å². The topological polar surface area (TPSA) is 173 Å². The third-order valence-electron chi connectivity index (χ3n) is 11.0. The van der Waals surface area contributed by atoms with E-state index in [9.17, 15) is 24.0 Å². The van der Waals surface area contributed by atoms with Crippen molar-refractivity contribution in [2.24, 2.45) is 0 Å². The fourth-order valence-electron chi connectivity index (χ4n) is 7.85. The van der Waals surface area contributed by atoms with Gasteiger partial charge in [0.05, 0.1) is 22.9 Å². The summed E-state index contributed by atoms with van der Waals surface area (Å²) in [6.07, 6.45) is 6.98. The second-order valence-electron chi connectivity index (χ2n) is 14.1. The zero-order chi connectivity index (χ0) is 37.9. The van der Waals surface area contributed by atoms with Gasteiger partial charge in [-0.2, -0.15) is 4.98 Å². The second-order valence-corrected chi connectivity index (χ2v) is 14.1. The lowest BCUT2D eigenvalue weighted by atomic mass is 10.00. The van der Waals surface area contributed by atoms with Crippen molar-refractivity contribution in [1.29, 1.82) is 0 Å². The van der Waals surface area contributed by atoms with Gasteiger partial charge in [0.2, 0.25) is 11.9 Å². The zero-order valence-corrected chi connectivity index (χ0v) is 30.7. The number of aromatic nitrogens is 3. The Labute approximate surface area is 314 Å². The highest BCUT2D eigenvalue weighted by atomic mass is 16.2. The number of amides is 4. The van der Waals surface area contributed by atoms with E-state index in [2.05, 4.69) is 55.2 Å². The van der Waals surface area contributed by atoms with Gasteiger partial charge in [0.15, 0.2) is 0 Å². The molecule has 7 rings (SSSR count). The van der Waals surface area contributed by atoms with Gasteiger partial charge in [-0.3, -0.25) is 29.0 Å². The Morgan fingerprint density at radius 1 is 1.04 bits per heavy atom. The summed E-state index contributed by atoms with van der Waals surface area (Å²) >= 11 is 0. The van der Waals surface area contributed by atoms with Gasteiger partial charge in [-0.05, 0) is 49.4 Å². The first-order valence-corrected chi connectivity index (χ1v) is 18.7. The zero-order valence-electron chi connectivity index (χ0n) is 30.7. The van der Waals surface area contributed by atoms with Gasteiger partial charge in [0.25, 0.3) is 17.7 Å². The Kier molecular flexibility index (Phi) is 10.7. The van der Waals surface area contributed by atoms with E-state index in [0.29, 0.717) is 79.3 Å². The van der Waals surface area contributed by atoms with Gasteiger partial charge in [0.1, 0.15) is 23.5 Å². The molecule has 5 heterocycles. The van der Waals surface area contributed by atoms with Gasteiger partial charge in [-0.1, -0.05) is 25.1 Å². The fraction of sp³-hybridized carbons (Fsp3) is 0.436. The maximum absolute atomic E-state index is 13.6. The molecular weight excluding hydrogens is 688 g/mol. The van der Waals surface area contributed by atoms with Gasteiger partial charge in [0, 0.05) is 83.1 Å². The number of hydrogen-bond acceptors (Lipinski definition) is 12. The number of anilines is 4. The lowest BCUT2D eigenvalue weighted by molar-refractivity contribution is -0.121. The molecule has 0 spiro atoms. The van der Waals surface area contributed by atoms with Crippen molar-refractivity contribution in [3.8, 4) is 0 Å². The molecule has 3 aromatic rings. The number of aryl methyl sites for hydroxylation is 1. The molecule has 4 amide bonds. The molecule has 0 bridgehead atoms. The summed E-state index contributed by atoms with van der Waals surface area (Å²) in [6, 6.07) is 8.49. The van der Waals surface area contributed by atoms with Crippen LogP contribution in [0.1, 0.15) is 80.9 Å². The summed E-state index contributed by atoms with van der Waals surface area (Å²) in [7, 11) is 1.50. The number of nitrogens with zero attached hydrogens (tertiary/aromatic N) is 7. The monoisotopic (exact) mass is 734 g/mol. The predicted molar refractivity (Wildman–Crippen MR) is 203 cm³/mol. The summed E-state index contributed by atoms with van der Waals surface area (Å²) < 4.78 is 0. The first-order valence-electron chi connectivity index (χ1n) is 18.7. The Balaban J connectivity index is 1.000. The number of hydrogen-bond donors (Lipinski definition) is 3. The molecule has 54 heavy (non-hydrogen) atoms. The third kappa shape index (κ3) is 7.02. The van der Waals surface area contributed by atoms with Crippen LogP contribution in [0.5, 0.6) is 0 Å². The average Bonchev–Trinajstić information content (AvgIpc) is 3.70. The Bertz CT molecular complexity index is 1970. The normalized spacial score (nSPS) is 18.9. The number of imide groups is 1. The quantitative estimate of drug-likeness (QED) is 0.126. The van der Waals surface area contributed by atoms with Crippen LogP contribution in [-0.2, 0) is 16.0 Å². The summed E-state index contributed by atoms with van der Waals surface area (Å²) in [5.74, 6) is 0.394. The number of benzene rings is 1. The van der Waals surface area contributed by atoms with E-state index in [4.69, 9.17) is 9.97 Å². The van der Waals surface area contributed by atoms with Crippen LogP contribution < -0.4 is 25.8 Å². The first-order chi connectivity index (χ1) is 26.2. The van der Waals surface area contributed by atoms with E-state index in [1.54, 1.807) is 24.4 Å². The van der Waals surface area contributed by atoms with Gasteiger partial charge < -0.3 is 30.5 Å². The van der Waals surface area contributed by atoms with Crippen LogP contribution in [0.3, 0.4) is 0 Å². The summed E-state index contributed by atoms with van der Waals surface area (Å²) in [6.45, 7) is 10.4. The fourth-order valence-corrected chi connectivity index (χ4v) is 7.85. The van der Waals surface area contributed by atoms with Crippen molar-refractivity contribution in [2.75, 3.05) is 68.0 Å². The number of pyridine rings is 1. The number of carbonyl (C=O) groups is 5. The Morgan fingerprint density at radius 3 is 2.56 bits per heavy atom. The number of rotatable bonds is 14. The smallest absolute Gasteiger partial charge is 0.264 e. The van der Waals surface area contributed by atoms with E-state index in [1.165, 1.54) is 12.6 Å². The van der Waals surface area contributed by atoms with E-state index in [0.717, 1.165) is 42.9 Å². The number of fused-ring (bicyclic) bond motifs is 2. The molecule has 4 aliphatic rings. The number of nitrogens with one attached hydrogen (secondary N) is 3. The summed E-state index contributed by atoms with van der Waals surface area (Å²) in [5.41, 5.74) is 3.96. The summed E-state index contributed by atoms with van der Waals surface area (Å²) in [5, 5.41) is 8.66. The minimum Gasteiger partial charge on any atom is -0.368 e. The van der Waals surface area contributed by atoms with Crippen molar-refractivity contribution in [2.45, 2.75) is 57.0 Å². The molecule has 3 N–H and O–H groups in total. The van der Waals surface area contributed by atoms with Crippen molar-refractivity contribution >= 4 is 53.2 Å². The lowest BCUT2D eigenvalue weighted by Crippen LogP contribution is -2.63. The predicted octanol–water partition coefficient (Wildman–Crippen LogP) is 2.67. The third-order valence-corrected chi connectivity index (χ3v) is 11.0. The van der Waals surface area contributed by atoms with Gasteiger partial charge in [-0.25, -0.2) is 9.97 Å². The van der Waals surface area contributed by atoms with E-state index >= 15 is 0 Å². The minimum absolute atomic E-state index is 0.0239. The largest absolute Gasteiger partial charge is 0.368 e. The van der Waals surface area contributed by atoms with E-state index < -0.39 is 17.9 Å². The molecular formula is C39H46N10O5. The highest BCUT2D eigenvalue weighted by Crippen LogP contribution is 2.37. The van der Waals surface area contributed by atoms with Crippen LogP contribution >= 0.6 is 0 Å². The highest BCUT2D eigenvalue weighted by Gasteiger charge is 2.44. The molecule has 2 saturated heterocycles. The molecule has 15 heteroatoms. The van der Waals surface area contributed by atoms with Crippen molar-refractivity contribution < 1.29 is 24.0 Å². The first kappa shape index (κ1) is 36.6. The van der Waals surface area contributed by atoms with Crippen LogP contribution in [0.15, 0.2) is 49.2 Å². The molecule has 1 aliphatic carbocycles. The standard InChI is InChI=1S/C39H46N10O5/c1-4-15-41-36(52)29-20-42-39(45-35(29)44-31-13-11-25-10-9-24(5-2)34(25)43-31)47-18-16-46(17-19-47)27-21-48(22-27)30-8-6-7-28-33(30)38(54)49(37(28)53)26(23-50)12-14-32(51)40-3/h4,6-8,11,13,20,23-24,26-27H,1,5,9-10,12,14-19,21-22H2,2-3H3,(H,40,51)(H,41,52)(H,42,43,44,45). The molecule has 0 saturated carbocycles. The van der Waals surface area contributed by atoms with Crippen molar-refractivity contribution in [3.05, 3.63) is 77.1 Å². The SMILES string of the molecule is C=CCNC(=O)c1cnc(N2CCN(C3CN(c4cccc5c4C(=O)N(C(C=O)CCC(=O)NC)C5=O)C3)CC2)nc1Nc1ccc2c(n1)C(CC)CC2. The molecule has 15 nitrogen and oxygen atoms in total. The van der Waals surface area contributed by atoms with Crippen LogP contribution in [0, 0.1) is 0 Å². The maximum Gasteiger partial charge on any atom is 0.264 e. The molecule has 282 valence electrons. The summed E-state index contributed by atoms with van der Waals surface area (Å²) in [4.78, 5) is 85.7. The minimum atomic E-state index is -1.02. The molecule has 2 fully saturated rings. The average molecular weight is 735 g/mol. The van der Waals surface area contributed by atoms with Crippen LogP contribution in [0.25, 0.3) is 0 Å². The molecule has 2 atom stereocenters. The number of piperazine rings is 1. The molecule has 3 aliphatic heterocycles. The molecule has 2 aromatic heterocycles. The highest BCUT2D eigenvalue weighted by molar-refractivity contribution is 6.24. The van der Waals surface area contributed by atoms with Crippen LogP contribution in [0.2, 0.25) is 0 Å². The Hall–Kier alpha value is -5.70. The molecule has 2 unspecified atom stereocenters. The Morgan fingerprint density at radius 2 is 1.83 bits per heavy atom.